The van der Waals surface area contributed by atoms with Gasteiger partial charge in [0.05, 0.1) is 17.5 Å². The molecule has 7 heteroatoms. The summed E-state index contributed by atoms with van der Waals surface area (Å²) in [6.07, 6.45) is 0. The van der Waals surface area contributed by atoms with Crippen molar-refractivity contribution in [3.63, 3.8) is 0 Å². The van der Waals surface area contributed by atoms with Gasteiger partial charge in [0.2, 0.25) is 10.0 Å². The first-order valence-corrected chi connectivity index (χ1v) is 11.0. The highest BCUT2D eigenvalue weighted by molar-refractivity contribution is 7.89. The Bertz CT molecular complexity index is 1010. The minimum absolute atomic E-state index is 0.0999. The van der Waals surface area contributed by atoms with Crippen molar-refractivity contribution in [3.8, 4) is 5.75 Å². The molecule has 0 heterocycles. The number of hydrogen-bond donors (Lipinski definition) is 1. The van der Waals surface area contributed by atoms with E-state index in [4.69, 9.17) is 9.47 Å². The van der Waals surface area contributed by atoms with E-state index in [1.807, 2.05) is 60.7 Å². The molecule has 0 fully saturated rings. The fourth-order valence-electron chi connectivity index (χ4n) is 2.90. The lowest BCUT2D eigenvalue weighted by atomic mass is 10.00. The third kappa shape index (κ3) is 5.68. The summed E-state index contributed by atoms with van der Waals surface area (Å²) < 4.78 is 39.0. The molecule has 0 spiro atoms. The Labute approximate surface area is 176 Å². The number of carbonyl (C=O) groups is 1. The summed E-state index contributed by atoms with van der Waals surface area (Å²) >= 11 is 0. The van der Waals surface area contributed by atoms with Gasteiger partial charge in [-0.25, -0.2) is 13.2 Å². The highest BCUT2D eigenvalue weighted by atomic mass is 32.2. The van der Waals surface area contributed by atoms with Crippen LogP contribution < -0.4 is 9.46 Å². The van der Waals surface area contributed by atoms with Crippen LogP contribution in [0.25, 0.3) is 0 Å². The van der Waals surface area contributed by atoms with Crippen LogP contribution in [0.2, 0.25) is 0 Å². The number of esters is 1. The molecular formula is C23H23NO5S. The van der Waals surface area contributed by atoms with Crippen LogP contribution in [0.5, 0.6) is 5.75 Å². The van der Waals surface area contributed by atoms with Crippen molar-refractivity contribution in [3.05, 3.63) is 96.1 Å². The number of ether oxygens (including phenoxy) is 2. The molecule has 3 aromatic carbocycles. The molecule has 0 aliphatic carbocycles. The summed E-state index contributed by atoms with van der Waals surface area (Å²) in [5.41, 5.74) is 1.67. The molecule has 0 saturated heterocycles. The second-order valence-corrected chi connectivity index (χ2v) is 8.15. The average molecular weight is 426 g/mol. The fourth-order valence-corrected chi connectivity index (χ4v) is 4.12. The maximum Gasteiger partial charge on any atom is 0.344 e. The van der Waals surface area contributed by atoms with Crippen LogP contribution in [0.15, 0.2) is 89.8 Å². The quantitative estimate of drug-likeness (QED) is 0.529. The Hall–Kier alpha value is -3.16. The van der Waals surface area contributed by atoms with Crippen molar-refractivity contribution >= 4 is 16.0 Å². The Kier molecular flexibility index (Phi) is 7.21. The molecule has 6 nitrogen and oxygen atoms in total. The first-order chi connectivity index (χ1) is 14.5. The van der Waals surface area contributed by atoms with E-state index >= 15 is 0 Å². The van der Waals surface area contributed by atoms with Gasteiger partial charge in [0.1, 0.15) is 5.75 Å². The van der Waals surface area contributed by atoms with Crippen molar-refractivity contribution in [2.45, 2.75) is 17.9 Å². The number of benzene rings is 3. The second kappa shape index (κ2) is 10.0. The fraction of sp³-hybridized carbons (Fsp3) is 0.174. The predicted molar refractivity (Wildman–Crippen MR) is 114 cm³/mol. The summed E-state index contributed by atoms with van der Waals surface area (Å²) in [5, 5.41) is 0. The highest BCUT2D eigenvalue weighted by Crippen LogP contribution is 2.25. The molecule has 0 unspecified atom stereocenters. The van der Waals surface area contributed by atoms with Crippen LogP contribution >= 0.6 is 0 Å². The van der Waals surface area contributed by atoms with Gasteiger partial charge in [-0.3, -0.25) is 0 Å². The Balaban J connectivity index is 1.79. The van der Waals surface area contributed by atoms with Crippen molar-refractivity contribution in [2.75, 3.05) is 13.2 Å². The maximum atomic E-state index is 13.0. The van der Waals surface area contributed by atoms with Gasteiger partial charge in [0.15, 0.2) is 6.61 Å². The summed E-state index contributed by atoms with van der Waals surface area (Å²) in [4.78, 5) is 11.5. The first-order valence-electron chi connectivity index (χ1n) is 9.50. The lowest BCUT2D eigenvalue weighted by molar-refractivity contribution is -0.145. The molecule has 1 N–H and O–H groups in total. The molecule has 3 aromatic rings. The normalized spacial score (nSPS) is 11.3. The number of hydrogen-bond acceptors (Lipinski definition) is 5. The van der Waals surface area contributed by atoms with Crippen molar-refractivity contribution in [1.29, 1.82) is 0 Å². The van der Waals surface area contributed by atoms with E-state index in [9.17, 15) is 13.2 Å². The predicted octanol–water partition coefficient (Wildman–Crippen LogP) is 3.70. The monoisotopic (exact) mass is 425 g/mol. The summed E-state index contributed by atoms with van der Waals surface area (Å²) in [6, 6.07) is 24.1. The van der Waals surface area contributed by atoms with E-state index in [0.29, 0.717) is 5.75 Å². The topological polar surface area (TPSA) is 81.7 Å². The molecule has 30 heavy (non-hydrogen) atoms. The number of rotatable bonds is 9. The first kappa shape index (κ1) is 21.5. The zero-order chi connectivity index (χ0) is 21.4. The van der Waals surface area contributed by atoms with E-state index in [2.05, 4.69) is 4.72 Å². The molecule has 0 amide bonds. The minimum atomic E-state index is -3.81. The molecular weight excluding hydrogens is 402 g/mol. The summed E-state index contributed by atoms with van der Waals surface area (Å²) in [7, 11) is -3.81. The van der Waals surface area contributed by atoms with Gasteiger partial charge in [0.25, 0.3) is 0 Å². The number of sulfonamides is 1. The second-order valence-electron chi connectivity index (χ2n) is 6.44. The lowest BCUT2D eigenvalue weighted by Crippen LogP contribution is -2.29. The zero-order valence-electron chi connectivity index (χ0n) is 16.5. The van der Waals surface area contributed by atoms with E-state index < -0.39 is 22.0 Å². The van der Waals surface area contributed by atoms with Crippen LogP contribution in [0.3, 0.4) is 0 Å². The van der Waals surface area contributed by atoms with Crippen LogP contribution in [-0.4, -0.2) is 27.6 Å². The third-order valence-electron chi connectivity index (χ3n) is 4.33. The van der Waals surface area contributed by atoms with Crippen LogP contribution in [-0.2, 0) is 19.6 Å². The van der Waals surface area contributed by atoms with Crippen LogP contribution in [0.4, 0.5) is 0 Å². The molecule has 0 saturated carbocycles. The van der Waals surface area contributed by atoms with Gasteiger partial charge in [-0.05, 0) is 42.3 Å². The van der Waals surface area contributed by atoms with Crippen LogP contribution in [0, 0.1) is 0 Å². The van der Waals surface area contributed by atoms with Gasteiger partial charge >= 0.3 is 5.97 Å². The molecule has 0 aromatic heterocycles. The molecule has 0 aliphatic heterocycles. The highest BCUT2D eigenvalue weighted by Gasteiger charge is 2.23. The third-order valence-corrected chi connectivity index (χ3v) is 5.77. The maximum absolute atomic E-state index is 13.0. The Morgan fingerprint density at radius 1 is 0.867 bits per heavy atom. The molecule has 0 aliphatic rings. The van der Waals surface area contributed by atoms with Crippen molar-refractivity contribution in [1.82, 2.24) is 4.72 Å². The van der Waals surface area contributed by atoms with Gasteiger partial charge in [-0.2, -0.15) is 4.72 Å². The van der Waals surface area contributed by atoms with Gasteiger partial charge in [-0.15, -0.1) is 0 Å². The standard InChI is InChI=1S/C23H23NO5S/c1-2-28-22(25)17-29-20-13-15-21(16-14-20)30(26,27)24-23(18-9-5-3-6-10-18)19-11-7-4-8-12-19/h3-16,23-24H,2,17H2,1H3. The molecule has 156 valence electrons. The van der Waals surface area contributed by atoms with Crippen LogP contribution in [0.1, 0.15) is 24.1 Å². The van der Waals surface area contributed by atoms with Gasteiger partial charge in [-0.1, -0.05) is 60.7 Å². The summed E-state index contributed by atoms with van der Waals surface area (Å²) in [5.74, 6) is -0.103. The lowest BCUT2D eigenvalue weighted by Gasteiger charge is -2.20. The zero-order valence-corrected chi connectivity index (χ0v) is 17.3. The van der Waals surface area contributed by atoms with Crippen molar-refractivity contribution in [2.24, 2.45) is 0 Å². The van der Waals surface area contributed by atoms with Gasteiger partial charge in [0, 0.05) is 0 Å². The molecule has 3 rings (SSSR count). The van der Waals surface area contributed by atoms with E-state index in [0.717, 1.165) is 11.1 Å². The Morgan fingerprint density at radius 2 is 1.40 bits per heavy atom. The van der Waals surface area contributed by atoms with Gasteiger partial charge < -0.3 is 9.47 Å². The average Bonchev–Trinajstić information content (AvgIpc) is 2.78. The SMILES string of the molecule is CCOC(=O)COc1ccc(S(=O)(=O)NC(c2ccccc2)c2ccccc2)cc1. The van der Waals surface area contributed by atoms with Crippen molar-refractivity contribution < 1.29 is 22.7 Å². The largest absolute Gasteiger partial charge is 0.482 e. The van der Waals surface area contributed by atoms with E-state index in [1.54, 1.807) is 6.92 Å². The number of nitrogens with one attached hydrogen (secondary N) is 1. The Morgan fingerprint density at radius 3 is 1.90 bits per heavy atom. The molecule has 0 bridgehead atoms. The minimum Gasteiger partial charge on any atom is -0.482 e. The van der Waals surface area contributed by atoms with E-state index in [-0.39, 0.29) is 18.1 Å². The smallest absolute Gasteiger partial charge is 0.344 e. The van der Waals surface area contributed by atoms with E-state index in [1.165, 1.54) is 24.3 Å². The molecule has 0 atom stereocenters. The summed E-state index contributed by atoms with van der Waals surface area (Å²) in [6.45, 7) is 1.75. The number of carbonyl (C=O) groups excluding carboxylic acids is 1. The molecule has 0 radical (unpaired) electrons.